The van der Waals surface area contributed by atoms with Crippen molar-refractivity contribution >= 4 is 24.4 Å². The normalized spacial score (nSPS) is 63.8. The van der Waals surface area contributed by atoms with Gasteiger partial charge in [0.2, 0.25) is 0 Å². The summed E-state index contributed by atoms with van der Waals surface area (Å²) in [5, 5.41) is 2.72. The van der Waals surface area contributed by atoms with Gasteiger partial charge in [0, 0.05) is 15.7 Å². The van der Waals surface area contributed by atoms with Gasteiger partial charge in [-0.25, -0.2) is 0 Å². The molecule has 5 fully saturated rings. The molecule has 6 aliphatic rings. The van der Waals surface area contributed by atoms with Gasteiger partial charge in [0.25, 0.3) is 0 Å². The molecular weight excluding hydrogens is 304 g/mol. The molecule has 0 radical (unpaired) electrons. The molecule has 0 N–H and O–H groups in total. The van der Waals surface area contributed by atoms with Crippen molar-refractivity contribution < 1.29 is 0 Å². The molecule has 0 aromatic heterocycles. The number of allylic oxidation sites excluding steroid dienone is 2. The molecule has 0 amide bonds. The summed E-state index contributed by atoms with van der Waals surface area (Å²) in [6, 6.07) is 0. The Bertz CT molecular complexity index is 520. The topological polar surface area (TPSA) is 0 Å². The van der Waals surface area contributed by atoms with Crippen LogP contribution in [0.2, 0.25) is 0 Å². The van der Waals surface area contributed by atoms with Gasteiger partial charge in [-0.05, 0) is 85.9 Å². The van der Waals surface area contributed by atoms with Gasteiger partial charge in [-0.15, -0.1) is 0 Å². The van der Waals surface area contributed by atoms with Crippen molar-refractivity contribution in [2.45, 2.75) is 73.5 Å². The zero-order valence-electron chi connectivity index (χ0n) is 13.4. The van der Waals surface area contributed by atoms with E-state index in [1.165, 1.54) is 51.4 Å². The third-order valence-corrected chi connectivity index (χ3v) is 11.0. The molecule has 0 saturated heterocycles. The molecule has 2 heteroatoms. The van der Waals surface area contributed by atoms with Crippen molar-refractivity contribution in [1.29, 1.82) is 0 Å². The van der Waals surface area contributed by atoms with E-state index < -0.39 is 0 Å². The molecule has 0 heterocycles. The molecule has 6 rings (SSSR count). The van der Waals surface area contributed by atoms with Gasteiger partial charge in [-0.2, -0.15) is 24.4 Å². The van der Waals surface area contributed by atoms with E-state index in [1.54, 1.807) is 6.42 Å². The molecule has 22 heavy (non-hydrogen) atoms. The van der Waals surface area contributed by atoms with Gasteiger partial charge in [0.1, 0.15) is 0 Å². The molecule has 0 aromatic rings. The Labute approximate surface area is 144 Å². The first-order valence-corrected chi connectivity index (χ1v) is 11.2. The van der Waals surface area contributed by atoms with Crippen LogP contribution in [0.15, 0.2) is 12.2 Å². The summed E-state index contributed by atoms with van der Waals surface area (Å²) >= 11 is 7.32. The third kappa shape index (κ3) is 1.56. The Morgan fingerprint density at radius 3 is 2.27 bits per heavy atom. The van der Waals surface area contributed by atoms with Crippen LogP contribution < -0.4 is 0 Å². The van der Waals surface area contributed by atoms with E-state index >= 15 is 0 Å². The molecule has 0 aliphatic heterocycles. The summed E-state index contributed by atoms with van der Waals surface area (Å²) in [6.45, 7) is 0. The lowest BCUT2D eigenvalue weighted by molar-refractivity contribution is 0.189. The first kappa shape index (κ1) is 13.7. The minimum absolute atomic E-state index is 0.675. The first-order valence-electron chi connectivity index (χ1n) is 9.72. The molecular formula is C20H28S2. The zero-order valence-corrected chi connectivity index (χ0v) is 15.1. The number of thioether (sulfide) groups is 1. The van der Waals surface area contributed by atoms with Crippen molar-refractivity contribution in [3.8, 4) is 0 Å². The van der Waals surface area contributed by atoms with Crippen molar-refractivity contribution in [2.75, 3.05) is 0 Å². The summed E-state index contributed by atoms with van der Waals surface area (Å²) in [7, 11) is 0. The fourth-order valence-corrected chi connectivity index (χ4v) is 10.6. The van der Waals surface area contributed by atoms with Crippen molar-refractivity contribution in [1.82, 2.24) is 0 Å². The van der Waals surface area contributed by atoms with E-state index in [0.717, 1.165) is 39.4 Å². The lowest BCUT2D eigenvalue weighted by Gasteiger charge is -2.44. The van der Waals surface area contributed by atoms with E-state index in [9.17, 15) is 0 Å². The Morgan fingerprint density at radius 2 is 1.55 bits per heavy atom. The average molecular weight is 333 g/mol. The van der Waals surface area contributed by atoms with Crippen LogP contribution in [0.5, 0.6) is 0 Å². The molecule has 120 valence electrons. The van der Waals surface area contributed by atoms with E-state index in [2.05, 4.69) is 23.9 Å². The summed E-state index contributed by atoms with van der Waals surface area (Å²) in [5.41, 5.74) is 1.35. The third-order valence-electron chi connectivity index (χ3n) is 8.92. The predicted molar refractivity (Wildman–Crippen MR) is 97.5 cm³/mol. The van der Waals surface area contributed by atoms with Gasteiger partial charge in [0.05, 0.1) is 0 Å². The van der Waals surface area contributed by atoms with Gasteiger partial charge < -0.3 is 0 Å². The highest BCUT2D eigenvalue weighted by atomic mass is 32.2. The predicted octanol–water partition coefficient (Wildman–Crippen LogP) is 5.34. The zero-order chi connectivity index (χ0) is 14.5. The van der Waals surface area contributed by atoms with Gasteiger partial charge in [-0.3, -0.25) is 0 Å². The van der Waals surface area contributed by atoms with Crippen LogP contribution in [0.1, 0.15) is 57.8 Å². The fraction of sp³-hybridized carbons (Fsp3) is 0.900. The van der Waals surface area contributed by atoms with Crippen molar-refractivity contribution in [3.05, 3.63) is 12.2 Å². The second kappa shape index (κ2) is 4.34. The van der Waals surface area contributed by atoms with Crippen molar-refractivity contribution in [3.63, 3.8) is 0 Å². The summed E-state index contributed by atoms with van der Waals surface area (Å²) in [4.78, 5) is 0. The largest absolute Gasteiger partial charge is 0.176 e. The van der Waals surface area contributed by atoms with Gasteiger partial charge in [-0.1, -0.05) is 18.6 Å². The van der Waals surface area contributed by atoms with Crippen LogP contribution in [-0.2, 0) is 0 Å². The second-order valence-electron chi connectivity index (χ2n) is 9.55. The summed E-state index contributed by atoms with van der Waals surface area (Å²) in [5.74, 6) is 4.20. The maximum Gasteiger partial charge on any atom is 0.00670 e. The quantitative estimate of drug-likeness (QED) is 0.526. The maximum absolute atomic E-state index is 4.88. The lowest BCUT2D eigenvalue weighted by atomic mass is 9.60. The molecule has 0 nitrogen and oxygen atoms in total. The average Bonchev–Trinajstić information content (AvgIpc) is 3.17. The monoisotopic (exact) mass is 332 g/mol. The standard InChI is InChI=1S/C20H28S2/c21-18-7-12-6-17(18)16-9-13(8-15(12)16)22-14-10-19-2-1-3-20(19,11-14)5-4-19/h4-5,12-18,21H,1-3,6-11H2. The molecule has 0 aromatic carbocycles. The number of hydrogen-bond donors (Lipinski definition) is 1. The molecule has 5 saturated carbocycles. The molecule has 8 atom stereocenters. The summed E-state index contributed by atoms with van der Waals surface area (Å²) in [6.07, 6.45) is 18.8. The fourth-order valence-electron chi connectivity index (χ4n) is 8.03. The van der Waals surface area contributed by atoms with E-state index in [0.29, 0.717) is 10.8 Å². The first-order chi connectivity index (χ1) is 10.7. The van der Waals surface area contributed by atoms with Crippen LogP contribution in [-0.4, -0.2) is 15.7 Å². The highest BCUT2D eigenvalue weighted by Gasteiger charge is 2.63. The maximum atomic E-state index is 4.88. The second-order valence-corrected chi connectivity index (χ2v) is 11.8. The Kier molecular flexibility index (Phi) is 2.70. The Morgan fingerprint density at radius 1 is 0.818 bits per heavy atom. The minimum Gasteiger partial charge on any atom is -0.176 e. The highest BCUT2D eigenvalue weighted by molar-refractivity contribution is 8.00. The Balaban J connectivity index is 1.15. The molecule has 0 spiro atoms. The van der Waals surface area contributed by atoms with Crippen LogP contribution >= 0.6 is 24.4 Å². The number of thiol groups is 1. The van der Waals surface area contributed by atoms with Gasteiger partial charge in [0.15, 0.2) is 0 Å². The van der Waals surface area contributed by atoms with Crippen LogP contribution in [0, 0.1) is 34.5 Å². The SMILES string of the molecule is SC1CC2CC1C1CC(SC3CC45C=CC4(CCC5)C3)CC21. The minimum atomic E-state index is 0.675. The lowest BCUT2D eigenvalue weighted by Crippen LogP contribution is -2.35. The summed E-state index contributed by atoms with van der Waals surface area (Å²) < 4.78 is 0. The van der Waals surface area contributed by atoms with Crippen LogP contribution in [0.25, 0.3) is 0 Å². The Hall–Kier alpha value is 0.440. The van der Waals surface area contributed by atoms with Crippen LogP contribution in [0.4, 0.5) is 0 Å². The smallest absolute Gasteiger partial charge is 0.00670 e. The number of hydrogen-bond acceptors (Lipinski definition) is 2. The molecule has 2 bridgehead atoms. The van der Waals surface area contributed by atoms with Crippen molar-refractivity contribution in [2.24, 2.45) is 34.5 Å². The van der Waals surface area contributed by atoms with E-state index in [-0.39, 0.29) is 0 Å². The highest BCUT2D eigenvalue weighted by Crippen LogP contribution is 2.72. The van der Waals surface area contributed by atoms with Crippen LogP contribution in [0.3, 0.4) is 0 Å². The number of rotatable bonds is 2. The van der Waals surface area contributed by atoms with E-state index in [4.69, 9.17) is 12.6 Å². The molecule has 8 unspecified atom stereocenters. The van der Waals surface area contributed by atoms with E-state index in [1.807, 2.05) is 0 Å². The molecule has 6 aliphatic carbocycles. The van der Waals surface area contributed by atoms with Gasteiger partial charge >= 0.3 is 0 Å². The number of fused-ring (bicyclic) bond motifs is 5.